The number of benzene rings is 1. The largest absolute Gasteiger partial charge is 0.514 e. The minimum Gasteiger partial charge on any atom is -0.514 e. The molecule has 0 aliphatic carbocycles. The quantitative estimate of drug-likeness (QED) is 0.585. The van der Waals surface area contributed by atoms with E-state index < -0.39 is 15.1 Å². The van der Waals surface area contributed by atoms with Crippen LogP contribution in [-0.4, -0.2) is 50.1 Å². The van der Waals surface area contributed by atoms with Gasteiger partial charge in [-0.25, -0.2) is 8.42 Å². The van der Waals surface area contributed by atoms with E-state index in [2.05, 4.69) is 11.2 Å². The molecule has 19 heavy (non-hydrogen) atoms. The summed E-state index contributed by atoms with van der Waals surface area (Å²) in [6.07, 6.45) is 6.20. The highest BCUT2D eigenvalue weighted by molar-refractivity contribution is 7.90. The lowest BCUT2D eigenvalue weighted by atomic mass is 9.52. The van der Waals surface area contributed by atoms with Crippen molar-refractivity contribution in [3.8, 4) is 18.1 Å². The van der Waals surface area contributed by atoms with E-state index in [1.165, 1.54) is 18.2 Å². The molecule has 0 aliphatic heterocycles. The Kier molecular flexibility index (Phi) is 4.64. The fraction of sp³-hybridized carbons (Fsp3) is 0.273. The molecule has 6 radical (unpaired) electrons. The minimum atomic E-state index is -3.39. The van der Waals surface area contributed by atoms with E-state index in [9.17, 15) is 8.42 Å². The van der Waals surface area contributed by atoms with Gasteiger partial charge in [0, 0.05) is 12.3 Å². The second kappa shape index (κ2) is 5.66. The fourth-order valence-electron chi connectivity index (χ4n) is 1.30. The average Bonchev–Trinajstić information content (AvgIpc) is 2.24. The molecule has 0 saturated heterocycles. The number of hydrogen-bond acceptors (Lipinski definition) is 4. The highest BCUT2D eigenvalue weighted by Crippen LogP contribution is 2.29. The molecule has 0 saturated carbocycles. The zero-order valence-corrected chi connectivity index (χ0v) is 11.2. The highest BCUT2D eigenvalue weighted by atomic mass is 32.2. The first kappa shape index (κ1) is 15.6. The van der Waals surface area contributed by atoms with Gasteiger partial charge in [-0.2, -0.15) is 0 Å². The van der Waals surface area contributed by atoms with E-state index in [0.717, 1.165) is 6.26 Å². The van der Waals surface area contributed by atoms with Crippen molar-refractivity contribution in [2.75, 3.05) is 18.1 Å². The second-order valence-electron chi connectivity index (χ2n) is 3.94. The van der Waals surface area contributed by atoms with Crippen LogP contribution < -0.4 is 10.1 Å². The maximum absolute atomic E-state index is 11.5. The molecule has 0 unspecified atom stereocenters. The summed E-state index contributed by atoms with van der Waals surface area (Å²) in [5, 5.41) is 0.914. The van der Waals surface area contributed by atoms with E-state index >= 15 is 0 Å². The van der Waals surface area contributed by atoms with Crippen LogP contribution in [0.3, 0.4) is 0 Å². The van der Waals surface area contributed by atoms with Crippen LogP contribution >= 0.6 is 0 Å². The number of anilines is 1. The molecule has 0 spiro atoms. The summed E-state index contributed by atoms with van der Waals surface area (Å²) in [7, 11) is 12.6. The third-order valence-corrected chi connectivity index (χ3v) is 3.16. The number of nitrogens with one attached hydrogen (secondary N) is 1. The molecule has 0 bridgehead atoms. The summed E-state index contributed by atoms with van der Waals surface area (Å²) >= 11 is 0. The fourth-order valence-corrected chi connectivity index (χ4v) is 1.94. The van der Waals surface area contributed by atoms with Crippen LogP contribution in [0.4, 0.5) is 5.69 Å². The third kappa shape index (κ3) is 4.96. The topological polar surface area (TPSA) is 55.4 Å². The molecule has 1 N–H and O–H groups in total. The van der Waals surface area contributed by atoms with Gasteiger partial charge in [0.25, 0.3) is 0 Å². The molecule has 0 aromatic heterocycles. The summed E-state index contributed by atoms with van der Waals surface area (Å²) in [4.78, 5) is 0.0537. The van der Waals surface area contributed by atoms with Gasteiger partial charge in [0.2, 0.25) is 0 Å². The zero-order chi connectivity index (χ0) is 14.7. The second-order valence-corrected chi connectivity index (χ2v) is 5.96. The van der Waals surface area contributed by atoms with Gasteiger partial charge in [0.15, 0.2) is 9.84 Å². The summed E-state index contributed by atoms with van der Waals surface area (Å²) in [5.74, 6) is 2.47. The maximum atomic E-state index is 11.5. The first-order valence-electron chi connectivity index (χ1n) is 5.20. The van der Waals surface area contributed by atoms with Crippen molar-refractivity contribution in [2.45, 2.75) is 10.2 Å². The molecule has 0 heterocycles. The number of rotatable bonds is 5. The first-order chi connectivity index (χ1) is 8.63. The molecular weight excluding hydrogens is 259 g/mol. The Hall–Kier alpha value is -1.48. The van der Waals surface area contributed by atoms with Crippen LogP contribution in [0.15, 0.2) is 23.1 Å². The standard InChI is InChI=1S/C11H10B3NO3S/c1-3-6-15-9-5-4-8(19(2,16)17)7-10(9)18-11(12,13)14/h1,4-5,7,15H,6H2,2H3. The van der Waals surface area contributed by atoms with Gasteiger partial charge in [0.1, 0.15) is 29.3 Å². The van der Waals surface area contributed by atoms with E-state index in [1.54, 1.807) is 0 Å². The van der Waals surface area contributed by atoms with Gasteiger partial charge in [-0.05, 0) is 17.4 Å². The average molecular weight is 269 g/mol. The van der Waals surface area contributed by atoms with Crippen LogP contribution in [0.5, 0.6) is 5.75 Å². The van der Waals surface area contributed by atoms with Crippen molar-refractivity contribution in [1.82, 2.24) is 0 Å². The Morgan fingerprint density at radius 1 is 1.42 bits per heavy atom. The Morgan fingerprint density at radius 3 is 2.53 bits per heavy atom. The number of terminal acetylenes is 1. The molecule has 0 aliphatic rings. The maximum Gasteiger partial charge on any atom is 0.175 e. The molecule has 0 atom stereocenters. The Morgan fingerprint density at radius 2 is 2.05 bits per heavy atom. The predicted molar refractivity (Wildman–Crippen MR) is 77.5 cm³/mol. The van der Waals surface area contributed by atoms with Gasteiger partial charge < -0.3 is 10.1 Å². The van der Waals surface area contributed by atoms with Gasteiger partial charge in [-0.3, -0.25) is 0 Å². The van der Waals surface area contributed by atoms with Crippen molar-refractivity contribution >= 4 is 39.1 Å². The van der Waals surface area contributed by atoms with E-state index in [4.69, 9.17) is 34.7 Å². The zero-order valence-electron chi connectivity index (χ0n) is 10.4. The van der Waals surface area contributed by atoms with Crippen molar-refractivity contribution in [1.29, 1.82) is 0 Å². The monoisotopic (exact) mass is 269 g/mol. The highest BCUT2D eigenvalue weighted by Gasteiger charge is 2.16. The molecule has 8 heteroatoms. The van der Waals surface area contributed by atoms with E-state index in [0.29, 0.717) is 5.69 Å². The Balaban J connectivity index is 3.23. The smallest absolute Gasteiger partial charge is 0.175 e. The predicted octanol–water partition coefficient (Wildman–Crippen LogP) is -0.369. The van der Waals surface area contributed by atoms with Crippen molar-refractivity contribution < 1.29 is 13.2 Å². The van der Waals surface area contributed by atoms with Crippen molar-refractivity contribution in [2.24, 2.45) is 0 Å². The van der Waals surface area contributed by atoms with Gasteiger partial charge >= 0.3 is 0 Å². The molecule has 92 valence electrons. The van der Waals surface area contributed by atoms with Crippen LogP contribution in [0.2, 0.25) is 0 Å². The lowest BCUT2D eigenvalue weighted by molar-refractivity contribution is 0.319. The molecule has 4 nitrogen and oxygen atoms in total. The van der Waals surface area contributed by atoms with Gasteiger partial charge in [-0.15, -0.1) is 6.42 Å². The minimum absolute atomic E-state index is 0.0537. The van der Waals surface area contributed by atoms with Crippen molar-refractivity contribution in [3.63, 3.8) is 0 Å². The lowest BCUT2D eigenvalue weighted by Crippen LogP contribution is -2.37. The number of ether oxygens (including phenoxy) is 1. The Labute approximate surface area is 117 Å². The summed E-state index contributed by atoms with van der Waals surface area (Å²) in [6.45, 7) is 0.224. The lowest BCUT2D eigenvalue weighted by Gasteiger charge is -2.25. The molecular formula is C11H10B3NO3S. The third-order valence-electron chi connectivity index (χ3n) is 2.05. The SMILES string of the molecule is [B]C([B])([B])Oc1cc(S(C)(=O)=O)ccc1NCC#C. The summed E-state index contributed by atoms with van der Waals surface area (Å²) < 4.78 is 28.1. The van der Waals surface area contributed by atoms with Gasteiger partial charge in [0.05, 0.1) is 17.1 Å². The van der Waals surface area contributed by atoms with Crippen LogP contribution in [0.1, 0.15) is 0 Å². The normalized spacial score (nSPS) is 11.6. The van der Waals surface area contributed by atoms with E-state index in [1.807, 2.05) is 0 Å². The number of sulfone groups is 1. The molecule has 0 fully saturated rings. The van der Waals surface area contributed by atoms with Crippen LogP contribution in [0, 0.1) is 12.3 Å². The molecule has 1 aromatic carbocycles. The number of hydrogen-bond donors (Lipinski definition) is 1. The Bertz CT molecular complexity index is 603. The van der Waals surface area contributed by atoms with Gasteiger partial charge in [-0.1, -0.05) is 5.92 Å². The molecule has 1 rings (SSSR count). The molecule has 1 aromatic rings. The van der Waals surface area contributed by atoms with Crippen molar-refractivity contribution in [3.05, 3.63) is 18.2 Å². The summed E-state index contributed by atoms with van der Waals surface area (Å²) in [6, 6.07) is 4.18. The summed E-state index contributed by atoms with van der Waals surface area (Å²) in [5.41, 5.74) is 0.441. The molecule has 0 amide bonds. The first-order valence-corrected chi connectivity index (χ1v) is 7.10. The van der Waals surface area contributed by atoms with Crippen LogP contribution in [0.25, 0.3) is 0 Å². The van der Waals surface area contributed by atoms with Crippen LogP contribution in [-0.2, 0) is 9.84 Å². The van der Waals surface area contributed by atoms with E-state index in [-0.39, 0.29) is 17.2 Å².